The number of hydrogen-bond acceptors (Lipinski definition) is 3. The van der Waals surface area contributed by atoms with Crippen LogP contribution in [0.3, 0.4) is 0 Å². The van der Waals surface area contributed by atoms with Gasteiger partial charge in [-0.3, -0.25) is 0 Å². The van der Waals surface area contributed by atoms with Gasteiger partial charge in [-0.25, -0.2) is 4.98 Å². The summed E-state index contributed by atoms with van der Waals surface area (Å²) < 4.78 is 2.05. The lowest BCUT2D eigenvalue weighted by molar-refractivity contribution is 0.376. The number of hydrogen-bond donors (Lipinski definition) is 2. The van der Waals surface area contributed by atoms with E-state index < -0.39 is 0 Å². The second-order valence-electron chi connectivity index (χ2n) is 4.81. The molecule has 2 N–H and O–H groups in total. The molecule has 1 aromatic heterocycles. The lowest BCUT2D eigenvalue weighted by Gasteiger charge is -2.29. The van der Waals surface area contributed by atoms with Crippen LogP contribution in [-0.2, 0) is 7.05 Å². The summed E-state index contributed by atoms with van der Waals surface area (Å²) in [6.45, 7) is 0. The van der Waals surface area contributed by atoms with E-state index in [-0.39, 0.29) is 0 Å². The number of rotatable bonds is 2. The summed E-state index contributed by atoms with van der Waals surface area (Å²) in [5, 5.41) is 7.19. The van der Waals surface area contributed by atoms with Crippen molar-refractivity contribution in [2.45, 2.75) is 43.8 Å². The number of nitrogens with zero attached hydrogens (tertiary/aromatic N) is 2. The van der Waals surface area contributed by atoms with Gasteiger partial charge in [0.2, 0.25) is 5.95 Å². The van der Waals surface area contributed by atoms with E-state index in [0.717, 1.165) is 18.0 Å². The fraction of sp³-hybridized carbons (Fsp3) is 0.727. The molecular weight excluding hydrogens is 188 g/mol. The summed E-state index contributed by atoms with van der Waals surface area (Å²) in [5.74, 6) is 1.00. The molecule has 4 nitrogen and oxygen atoms in total. The van der Waals surface area contributed by atoms with E-state index in [4.69, 9.17) is 0 Å². The molecule has 2 bridgehead atoms. The molecule has 3 heterocycles. The molecule has 2 fully saturated rings. The van der Waals surface area contributed by atoms with Gasteiger partial charge in [0, 0.05) is 37.6 Å². The van der Waals surface area contributed by atoms with E-state index in [1.807, 2.05) is 24.0 Å². The lowest BCUT2D eigenvalue weighted by atomic mass is 10.0. The van der Waals surface area contributed by atoms with Gasteiger partial charge in [0.15, 0.2) is 0 Å². The molecule has 1 aromatic rings. The normalized spacial score (nSPS) is 34.3. The zero-order valence-corrected chi connectivity index (χ0v) is 9.11. The van der Waals surface area contributed by atoms with Crippen LogP contribution in [0.4, 0.5) is 5.95 Å². The maximum atomic E-state index is 4.31. The highest BCUT2D eigenvalue weighted by Gasteiger charge is 2.33. The average molecular weight is 206 g/mol. The number of fused-ring (bicyclic) bond motifs is 2. The van der Waals surface area contributed by atoms with Crippen molar-refractivity contribution >= 4 is 5.95 Å². The first-order valence-electron chi connectivity index (χ1n) is 5.81. The predicted molar refractivity (Wildman–Crippen MR) is 59.8 cm³/mol. The zero-order chi connectivity index (χ0) is 10.3. The Morgan fingerprint density at radius 1 is 1.40 bits per heavy atom. The van der Waals surface area contributed by atoms with Crippen molar-refractivity contribution in [3.63, 3.8) is 0 Å². The Morgan fingerprint density at radius 3 is 2.73 bits per heavy atom. The summed E-state index contributed by atoms with van der Waals surface area (Å²) in [5.41, 5.74) is 0. The topological polar surface area (TPSA) is 41.9 Å². The van der Waals surface area contributed by atoms with Crippen LogP contribution < -0.4 is 10.6 Å². The highest BCUT2D eigenvalue weighted by molar-refractivity contribution is 5.28. The van der Waals surface area contributed by atoms with Crippen molar-refractivity contribution in [2.75, 3.05) is 5.32 Å². The van der Waals surface area contributed by atoms with Crippen molar-refractivity contribution < 1.29 is 0 Å². The standard InChI is InChI=1S/C11H18N4/c1-15-5-4-12-11(15)14-10-6-8-2-3-9(7-10)13-8/h4-5,8-10,13H,2-3,6-7H2,1H3,(H,12,14). The number of aromatic nitrogens is 2. The third-order valence-corrected chi connectivity index (χ3v) is 3.63. The van der Waals surface area contributed by atoms with Gasteiger partial charge in [-0.2, -0.15) is 0 Å². The highest BCUT2D eigenvalue weighted by Crippen LogP contribution is 2.28. The third-order valence-electron chi connectivity index (χ3n) is 3.63. The number of aryl methyl sites for hydroxylation is 1. The van der Waals surface area contributed by atoms with E-state index in [1.165, 1.54) is 25.7 Å². The molecular formula is C11H18N4. The van der Waals surface area contributed by atoms with Crippen molar-refractivity contribution in [3.8, 4) is 0 Å². The second kappa shape index (κ2) is 3.52. The Hall–Kier alpha value is -1.03. The molecule has 82 valence electrons. The van der Waals surface area contributed by atoms with E-state index in [2.05, 4.69) is 15.6 Å². The quantitative estimate of drug-likeness (QED) is 0.762. The lowest BCUT2D eigenvalue weighted by Crippen LogP contribution is -2.43. The van der Waals surface area contributed by atoms with Crippen LogP contribution in [0.2, 0.25) is 0 Å². The molecule has 3 rings (SSSR count). The van der Waals surface area contributed by atoms with Crippen molar-refractivity contribution in [1.82, 2.24) is 14.9 Å². The monoisotopic (exact) mass is 206 g/mol. The van der Waals surface area contributed by atoms with Gasteiger partial charge in [0.25, 0.3) is 0 Å². The predicted octanol–water partition coefficient (Wildman–Crippen LogP) is 1.11. The molecule has 2 unspecified atom stereocenters. The Bertz CT molecular complexity index is 334. The summed E-state index contributed by atoms with van der Waals surface area (Å²) in [7, 11) is 2.03. The van der Waals surface area contributed by atoms with Crippen LogP contribution in [0.5, 0.6) is 0 Å². The van der Waals surface area contributed by atoms with E-state index >= 15 is 0 Å². The van der Waals surface area contributed by atoms with Crippen molar-refractivity contribution in [3.05, 3.63) is 12.4 Å². The first kappa shape index (κ1) is 9.21. The van der Waals surface area contributed by atoms with Crippen LogP contribution in [0.15, 0.2) is 12.4 Å². The molecule has 4 heteroatoms. The molecule has 0 amide bonds. The maximum absolute atomic E-state index is 4.31. The second-order valence-corrected chi connectivity index (χ2v) is 4.81. The fourth-order valence-electron chi connectivity index (χ4n) is 2.86. The minimum Gasteiger partial charge on any atom is -0.353 e. The molecule has 0 radical (unpaired) electrons. The fourth-order valence-corrected chi connectivity index (χ4v) is 2.86. The van der Waals surface area contributed by atoms with Crippen LogP contribution >= 0.6 is 0 Å². The number of nitrogens with one attached hydrogen (secondary N) is 2. The Balaban J connectivity index is 1.67. The van der Waals surface area contributed by atoms with Gasteiger partial charge in [-0.1, -0.05) is 0 Å². The molecule has 0 aromatic carbocycles. The maximum Gasteiger partial charge on any atom is 0.202 e. The molecule has 2 saturated heterocycles. The van der Waals surface area contributed by atoms with Crippen LogP contribution in [0.1, 0.15) is 25.7 Å². The van der Waals surface area contributed by atoms with Gasteiger partial charge in [-0.15, -0.1) is 0 Å². The van der Waals surface area contributed by atoms with Gasteiger partial charge in [0.1, 0.15) is 0 Å². The third kappa shape index (κ3) is 1.74. The average Bonchev–Trinajstić information content (AvgIpc) is 2.75. The number of anilines is 1. The zero-order valence-electron chi connectivity index (χ0n) is 9.11. The van der Waals surface area contributed by atoms with Gasteiger partial charge in [-0.05, 0) is 25.7 Å². The summed E-state index contributed by atoms with van der Waals surface area (Å²) in [6.07, 6.45) is 9.01. The summed E-state index contributed by atoms with van der Waals surface area (Å²) in [6, 6.07) is 2.08. The van der Waals surface area contributed by atoms with Crippen LogP contribution in [0.25, 0.3) is 0 Å². The van der Waals surface area contributed by atoms with Crippen LogP contribution in [0, 0.1) is 0 Å². The van der Waals surface area contributed by atoms with E-state index in [0.29, 0.717) is 6.04 Å². The molecule has 0 saturated carbocycles. The van der Waals surface area contributed by atoms with Gasteiger partial charge in [0.05, 0.1) is 0 Å². The SMILES string of the molecule is Cn1ccnc1NC1CC2CCC(C1)N2. The minimum atomic E-state index is 0.602. The van der Waals surface area contributed by atoms with Crippen molar-refractivity contribution in [2.24, 2.45) is 7.05 Å². The number of imidazole rings is 1. The van der Waals surface area contributed by atoms with E-state index in [1.54, 1.807) is 0 Å². The summed E-state index contributed by atoms with van der Waals surface area (Å²) >= 11 is 0. The molecule has 2 atom stereocenters. The van der Waals surface area contributed by atoms with Gasteiger partial charge >= 0.3 is 0 Å². The first-order chi connectivity index (χ1) is 7.31. The Morgan fingerprint density at radius 2 is 2.13 bits per heavy atom. The number of piperidine rings is 1. The smallest absolute Gasteiger partial charge is 0.202 e. The Labute approximate surface area is 90.1 Å². The molecule has 0 aliphatic carbocycles. The molecule has 2 aliphatic heterocycles. The molecule has 0 spiro atoms. The minimum absolute atomic E-state index is 0.602. The van der Waals surface area contributed by atoms with Crippen molar-refractivity contribution in [1.29, 1.82) is 0 Å². The summed E-state index contributed by atoms with van der Waals surface area (Å²) in [4.78, 5) is 4.31. The van der Waals surface area contributed by atoms with Gasteiger partial charge < -0.3 is 15.2 Å². The van der Waals surface area contributed by atoms with Crippen LogP contribution in [-0.4, -0.2) is 27.7 Å². The highest BCUT2D eigenvalue weighted by atomic mass is 15.2. The molecule has 15 heavy (non-hydrogen) atoms. The molecule has 2 aliphatic rings. The van der Waals surface area contributed by atoms with E-state index in [9.17, 15) is 0 Å². The first-order valence-corrected chi connectivity index (χ1v) is 5.81. The largest absolute Gasteiger partial charge is 0.353 e. The Kier molecular flexibility index (Phi) is 2.16.